The summed E-state index contributed by atoms with van der Waals surface area (Å²) in [5.74, 6) is -0.522. The van der Waals surface area contributed by atoms with Gasteiger partial charge in [-0.2, -0.15) is 0 Å². The number of hydrogen-bond acceptors (Lipinski definition) is 5. The van der Waals surface area contributed by atoms with Gasteiger partial charge < -0.3 is 10.2 Å². The Morgan fingerprint density at radius 3 is 2.90 bits per heavy atom. The molecule has 21 heavy (non-hydrogen) atoms. The van der Waals surface area contributed by atoms with Gasteiger partial charge >= 0.3 is 0 Å². The van der Waals surface area contributed by atoms with E-state index in [1.54, 1.807) is 0 Å². The van der Waals surface area contributed by atoms with Crippen molar-refractivity contribution in [3.8, 4) is 11.5 Å². The number of carbonyl (C=O) groups excluding carboxylic acids is 1. The van der Waals surface area contributed by atoms with Crippen molar-refractivity contribution < 1.29 is 15.0 Å². The van der Waals surface area contributed by atoms with E-state index in [2.05, 4.69) is 9.98 Å². The molecule has 0 bridgehead atoms. The van der Waals surface area contributed by atoms with Crippen molar-refractivity contribution in [3.05, 3.63) is 41.0 Å². The van der Waals surface area contributed by atoms with Gasteiger partial charge in [0.2, 0.25) is 0 Å². The fourth-order valence-electron chi connectivity index (χ4n) is 2.53. The van der Waals surface area contributed by atoms with Crippen LogP contribution in [0, 0.1) is 0 Å². The SMILES string of the molecule is CC/N=C1/C=CC2=Nc3c(C=O)cc(O)c(O)c3CC2=C1. The number of benzene rings is 1. The van der Waals surface area contributed by atoms with E-state index in [0.717, 1.165) is 17.0 Å². The Balaban J connectivity index is 2.17. The number of carbonyl (C=O) groups is 1. The lowest BCUT2D eigenvalue weighted by atomic mass is 9.90. The molecule has 0 radical (unpaired) electrons. The molecule has 1 heterocycles. The second-order valence-electron chi connectivity index (χ2n) is 4.85. The summed E-state index contributed by atoms with van der Waals surface area (Å²) < 4.78 is 0. The normalized spacial score (nSPS) is 17.9. The average molecular weight is 282 g/mol. The first kappa shape index (κ1) is 13.3. The Morgan fingerprint density at radius 2 is 2.19 bits per heavy atom. The van der Waals surface area contributed by atoms with Gasteiger partial charge in [0, 0.05) is 24.1 Å². The Morgan fingerprint density at radius 1 is 1.38 bits per heavy atom. The van der Waals surface area contributed by atoms with E-state index in [0.29, 0.717) is 30.5 Å². The number of aldehydes is 1. The van der Waals surface area contributed by atoms with E-state index in [4.69, 9.17) is 0 Å². The first-order chi connectivity index (χ1) is 10.1. The number of phenolic OH excluding ortho intramolecular Hbond substituents is 2. The van der Waals surface area contributed by atoms with Crippen LogP contribution in [0.1, 0.15) is 22.8 Å². The van der Waals surface area contributed by atoms with Crippen LogP contribution in [-0.2, 0) is 6.42 Å². The van der Waals surface area contributed by atoms with Crippen LogP contribution < -0.4 is 0 Å². The van der Waals surface area contributed by atoms with Crippen molar-refractivity contribution in [2.45, 2.75) is 13.3 Å². The molecule has 1 aromatic carbocycles. The molecule has 0 fully saturated rings. The van der Waals surface area contributed by atoms with Gasteiger partial charge in [-0.05, 0) is 36.8 Å². The molecule has 5 heteroatoms. The van der Waals surface area contributed by atoms with E-state index < -0.39 is 0 Å². The van der Waals surface area contributed by atoms with E-state index in [-0.39, 0.29) is 17.1 Å². The van der Waals surface area contributed by atoms with Crippen molar-refractivity contribution in [2.75, 3.05) is 6.54 Å². The summed E-state index contributed by atoms with van der Waals surface area (Å²) in [5.41, 5.74) is 3.69. The Kier molecular flexibility index (Phi) is 3.17. The minimum absolute atomic E-state index is 0.220. The zero-order valence-electron chi connectivity index (χ0n) is 11.5. The van der Waals surface area contributed by atoms with Crippen molar-refractivity contribution in [3.63, 3.8) is 0 Å². The van der Waals surface area contributed by atoms with Gasteiger partial charge in [-0.25, -0.2) is 4.99 Å². The Bertz CT molecular complexity index is 755. The molecule has 0 amide bonds. The Hall–Kier alpha value is -2.69. The van der Waals surface area contributed by atoms with Gasteiger partial charge in [-0.3, -0.25) is 9.79 Å². The predicted octanol–water partition coefficient (Wildman–Crippen LogP) is 2.50. The topological polar surface area (TPSA) is 82.2 Å². The van der Waals surface area contributed by atoms with Gasteiger partial charge in [0.15, 0.2) is 17.8 Å². The third-order valence-electron chi connectivity index (χ3n) is 3.51. The van der Waals surface area contributed by atoms with Crippen LogP contribution in [0.3, 0.4) is 0 Å². The number of fused-ring (bicyclic) bond motifs is 2. The predicted molar refractivity (Wildman–Crippen MR) is 81.2 cm³/mol. The van der Waals surface area contributed by atoms with Gasteiger partial charge in [-0.1, -0.05) is 0 Å². The summed E-state index contributed by atoms with van der Waals surface area (Å²) in [5, 5.41) is 19.7. The van der Waals surface area contributed by atoms with Crippen molar-refractivity contribution in [2.24, 2.45) is 9.98 Å². The van der Waals surface area contributed by atoms with Crippen LogP contribution >= 0.6 is 0 Å². The highest BCUT2D eigenvalue weighted by Crippen LogP contribution is 2.42. The van der Waals surface area contributed by atoms with Crippen molar-refractivity contribution >= 4 is 23.4 Å². The molecule has 0 aromatic heterocycles. The van der Waals surface area contributed by atoms with Crippen LogP contribution in [0.5, 0.6) is 11.5 Å². The van der Waals surface area contributed by atoms with E-state index >= 15 is 0 Å². The standard InChI is InChI=1S/C16H14N2O3/c1-2-17-11-3-4-13-9(5-11)6-12-15(18-13)10(8-19)7-14(20)16(12)21/h3-5,7-8,20-21H,2,6H2,1H3/b17-11-. The van der Waals surface area contributed by atoms with Gasteiger partial charge in [-0.15, -0.1) is 0 Å². The van der Waals surface area contributed by atoms with Crippen molar-refractivity contribution in [1.82, 2.24) is 0 Å². The van der Waals surface area contributed by atoms with Crippen LogP contribution in [0.4, 0.5) is 5.69 Å². The van der Waals surface area contributed by atoms with Crippen LogP contribution in [-0.4, -0.2) is 34.5 Å². The first-order valence-electron chi connectivity index (χ1n) is 6.69. The van der Waals surface area contributed by atoms with Gasteiger partial charge in [0.05, 0.1) is 17.1 Å². The highest BCUT2D eigenvalue weighted by atomic mass is 16.3. The van der Waals surface area contributed by atoms with E-state index in [1.165, 1.54) is 6.07 Å². The monoisotopic (exact) mass is 282 g/mol. The lowest BCUT2D eigenvalue weighted by Gasteiger charge is -2.21. The third kappa shape index (κ3) is 2.16. The average Bonchev–Trinajstić information content (AvgIpc) is 2.50. The van der Waals surface area contributed by atoms with E-state index in [9.17, 15) is 15.0 Å². The summed E-state index contributed by atoms with van der Waals surface area (Å²) in [6.45, 7) is 2.65. The maximum atomic E-state index is 11.1. The summed E-state index contributed by atoms with van der Waals surface area (Å²) in [4.78, 5) is 19.9. The fraction of sp³-hybridized carbons (Fsp3) is 0.188. The van der Waals surface area contributed by atoms with Gasteiger partial charge in [0.25, 0.3) is 0 Å². The second kappa shape index (κ2) is 5.01. The van der Waals surface area contributed by atoms with E-state index in [1.807, 2.05) is 25.2 Å². The molecule has 1 aromatic rings. The highest BCUT2D eigenvalue weighted by Gasteiger charge is 2.25. The maximum absolute atomic E-state index is 11.1. The number of allylic oxidation sites excluding steroid dienone is 4. The third-order valence-corrected chi connectivity index (χ3v) is 3.51. The molecule has 1 aliphatic carbocycles. The van der Waals surface area contributed by atoms with Gasteiger partial charge in [0.1, 0.15) is 0 Å². The summed E-state index contributed by atoms with van der Waals surface area (Å²) in [7, 11) is 0. The minimum Gasteiger partial charge on any atom is -0.504 e. The zero-order chi connectivity index (χ0) is 15.0. The Labute approximate surface area is 121 Å². The smallest absolute Gasteiger partial charge is 0.163 e. The molecule has 3 rings (SSSR count). The summed E-state index contributed by atoms with van der Waals surface area (Å²) >= 11 is 0. The number of nitrogens with zero attached hydrogens (tertiary/aromatic N) is 2. The summed E-state index contributed by atoms with van der Waals surface area (Å²) in [6.07, 6.45) is 6.67. The molecule has 0 atom stereocenters. The molecule has 2 N–H and O–H groups in total. The number of aliphatic imine (C=N–C) groups is 2. The quantitative estimate of drug-likeness (QED) is 0.496. The largest absolute Gasteiger partial charge is 0.504 e. The maximum Gasteiger partial charge on any atom is 0.163 e. The molecule has 5 nitrogen and oxygen atoms in total. The van der Waals surface area contributed by atoms with Crippen LogP contribution in [0.15, 0.2) is 39.9 Å². The second-order valence-corrected chi connectivity index (χ2v) is 4.85. The molecule has 1 aliphatic heterocycles. The molecule has 0 unspecified atom stereocenters. The zero-order valence-corrected chi connectivity index (χ0v) is 11.5. The lowest BCUT2D eigenvalue weighted by molar-refractivity contribution is 0.112. The molecular formula is C16H14N2O3. The first-order valence-corrected chi connectivity index (χ1v) is 6.69. The lowest BCUT2D eigenvalue weighted by Crippen LogP contribution is -2.14. The number of phenols is 2. The molecule has 0 saturated heterocycles. The fourth-order valence-corrected chi connectivity index (χ4v) is 2.53. The molecule has 2 aliphatic rings. The number of rotatable bonds is 2. The van der Waals surface area contributed by atoms with Crippen molar-refractivity contribution in [1.29, 1.82) is 0 Å². The number of aromatic hydroxyl groups is 2. The summed E-state index contributed by atoms with van der Waals surface area (Å²) in [6, 6.07) is 1.23. The van der Waals surface area contributed by atoms with Crippen LogP contribution in [0.2, 0.25) is 0 Å². The number of hydrogen-bond donors (Lipinski definition) is 2. The highest BCUT2D eigenvalue weighted by molar-refractivity contribution is 6.23. The minimum atomic E-state index is -0.302. The molecule has 0 saturated carbocycles. The van der Waals surface area contributed by atoms with Crippen LogP contribution in [0.25, 0.3) is 0 Å². The molecule has 0 spiro atoms. The molecular weight excluding hydrogens is 268 g/mol. The molecule has 106 valence electrons.